The summed E-state index contributed by atoms with van der Waals surface area (Å²) in [5.41, 5.74) is 2.83. The number of rotatable bonds is 3. The van der Waals surface area contributed by atoms with Gasteiger partial charge in [0, 0.05) is 19.8 Å². The van der Waals surface area contributed by atoms with Gasteiger partial charge in [0.1, 0.15) is 5.82 Å². The highest BCUT2D eigenvalue weighted by molar-refractivity contribution is 5.83. The Balaban J connectivity index is 2.11. The second-order valence-electron chi connectivity index (χ2n) is 4.20. The number of hydrogen-bond acceptors (Lipinski definition) is 3. The van der Waals surface area contributed by atoms with Crippen LogP contribution in [-0.2, 0) is 4.79 Å². The second-order valence-corrected chi connectivity index (χ2v) is 4.20. The molecule has 0 unspecified atom stereocenters. The molecule has 1 amide bonds. The first-order valence-electron chi connectivity index (χ1n) is 5.46. The summed E-state index contributed by atoms with van der Waals surface area (Å²) >= 11 is 0. The molecule has 90 valence electrons. The Morgan fingerprint density at radius 2 is 2.24 bits per heavy atom. The van der Waals surface area contributed by atoms with Gasteiger partial charge in [-0.15, -0.1) is 0 Å². The standard InChI is InChI=1S/C12H16N4O/c1-8-14-10-5-4-9(6-11(10)15-8)13-7-12(17)16(2)3/h4-6,13H,7H2,1-3H3,(H,14,15). The first-order chi connectivity index (χ1) is 8.06. The van der Waals surface area contributed by atoms with Crippen LogP contribution in [0.4, 0.5) is 5.69 Å². The summed E-state index contributed by atoms with van der Waals surface area (Å²) in [6, 6.07) is 5.81. The van der Waals surface area contributed by atoms with Crippen molar-refractivity contribution in [3.63, 3.8) is 0 Å². The van der Waals surface area contributed by atoms with Gasteiger partial charge >= 0.3 is 0 Å². The largest absolute Gasteiger partial charge is 0.376 e. The number of aromatic nitrogens is 2. The summed E-state index contributed by atoms with van der Waals surface area (Å²) in [6.07, 6.45) is 0. The molecule has 0 bridgehead atoms. The summed E-state index contributed by atoms with van der Waals surface area (Å²) in [4.78, 5) is 20.5. The third-order valence-corrected chi connectivity index (χ3v) is 2.54. The van der Waals surface area contributed by atoms with E-state index < -0.39 is 0 Å². The first kappa shape index (κ1) is 11.4. The molecule has 0 spiro atoms. The zero-order valence-electron chi connectivity index (χ0n) is 10.2. The van der Waals surface area contributed by atoms with E-state index in [2.05, 4.69) is 15.3 Å². The number of benzene rings is 1. The summed E-state index contributed by atoms with van der Waals surface area (Å²) in [5.74, 6) is 0.937. The molecule has 0 aliphatic carbocycles. The number of carbonyl (C=O) groups excluding carboxylic acids is 1. The van der Waals surface area contributed by atoms with Crippen molar-refractivity contribution in [3.8, 4) is 0 Å². The van der Waals surface area contributed by atoms with Crippen molar-refractivity contribution in [1.29, 1.82) is 0 Å². The lowest BCUT2D eigenvalue weighted by molar-refractivity contribution is -0.126. The predicted molar refractivity (Wildman–Crippen MR) is 68.0 cm³/mol. The Morgan fingerprint density at radius 3 is 2.94 bits per heavy atom. The van der Waals surface area contributed by atoms with Crippen molar-refractivity contribution in [2.45, 2.75) is 6.92 Å². The molecule has 17 heavy (non-hydrogen) atoms. The van der Waals surface area contributed by atoms with Crippen LogP contribution in [-0.4, -0.2) is 41.4 Å². The fourth-order valence-electron chi connectivity index (χ4n) is 1.58. The number of nitrogens with zero attached hydrogens (tertiary/aromatic N) is 2. The van der Waals surface area contributed by atoms with Crippen molar-refractivity contribution in [3.05, 3.63) is 24.0 Å². The maximum atomic E-state index is 11.4. The highest BCUT2D eigenvalue weighted by atomic mass is 16.2. The van der Waals surface area contributed by atoms with E-state index in [1.54, 1.807) is 19.0 Å². The number of imidazole rings is 1. The van der Waals surface area contributed by atoms with Gasteiger partial charge in [0.2, 0.25) is 5.91 Å². The number of hydrogen-bond donors (Lipinski definition) is 2. The number of anilines is 1. The Labute approximate surface area is 99.8 Å². The third kappa shape index (κ3) is 2.55. The fraction of sp³-hybridized carbons (Fsp3) is 0.333. The van der Waals surface area contributed by atoms with Crippen LogP contribution >= 0.6 is 0 Å². The molecule has 1 aromatic heterocycles. The SMILES string of the molecule is Cc1nc2ccc(NCC(=O)N(C)C)cc2[nH]1. The topological polar surface area (TPSA) is 61.0 Å². The highest BCUT2D eigenvalue weighted by Gasteiger charge is 2.04. The maximum absolute atomic E-state index is 11.4. The zero-order valence-corrected chi connectivity index (χ0v) is 10.2. The van der Waals surface area contributed by atoms with E-state index in [-0.39, 0.29) is 5.91 Å². The predicted octanol–water partition coefficient (Wildman–Crippen LogP) is 1.37. The molecule has 2 aromatic rings. The molecular formula is C12H16N4O. The van der Waals surface area contributed by atoms with Crippen LogP contribution in [0.1, 0.15) is 5.82 Å². The minimum Gasteiger partial charge on any atom is -0.376 e. The van der Waals surface area contributed by atoms with Gasteiger partial charge in [0.25, 0.3) is 0 Å². The van der Waals surface area contributed by atoms with Crippen molar-refractivity contribution in [2.75, 3.05) is 26.0 Å². The van der Waals surface area contributed by atoms with Crippen LogP contribution in [0.3, 0.4) is 0 Å². The molecule has 2 rings (SSSR count). The molecule has 0 fully saturated rings. The summed E-state index contributed by atoms with van der Waals surface area (Å²) in [5, 5.41) is 3.09. The van der Waals surface area contributed by atoms with E-state index in [0.29, 0.717) is 6.54 Å². The van der Waals surface area contributed by atoms with Crippen LogP contribution in [0.25, 0.3) is 11.0 Å². The van der Waals surface area contributed by atoms with Gasteiger partial charge in [-0.05, 0) is 25.1 Å². The summed E-state index contributed by atoms with van der Waals surface area (Å²) in [6.45, 7) is 2.22. The molecule has 5 nitrogen and oxygen atoms in total. The minimum atomic E-state index is 0.0471. The minimum absolute atomic E-state index is 0.0471. The lowest BCUT2D eigenvalue weighted by Crippen LogP contribution is -2.28. The van der Waals surface area contributed by atoms with Crippen LogP contribution in [0, 0.1) is 6.92 Å². The molecule has 1 aromatic carbocycles. The average molecular weight is 232 g/mol. The molecule has 1 heterocycles. The molecule has 0 aliphatic rings. The van der Waals surface area contributed by atoms with E-state index in [1.807, 2.05) is 25.1 Å². The molecule has 0 aliphatic heterocycles. The van der Waals surface area contributed by atoms with E-state index in [9.17, 15) is 4.79 Å². The quantitative estimate of drug-likeness (QED) is 0.840. The Morgan fingerprint density at radius 1 is 1.47 bits per heavy atom. The third-order valence-electron chi connectivity index (χ3n) is 2.54. The number of fused-ring (bicyclic) bond motifs is 1. The van der Waals surface area contributed by atoms with Gasteiger partial charge in [0.05, 0.1) is 17.6 Å². The molecule has 0 radical (unpaired) electrons. The zero-order chi connectivity index (χ0) is 12.4. The molecule has 2 N–H and O–H groups in total. The number of carbonyl (C=O) groups is 1. The Hall–Kier alpha value is -2.04. The van der Waals surface area contributed by atoms with Crippen LogP contribution < -0.4 is 5.32 Å². The number of aromatic amines is 1. The van der Waals surface area contributed by atoms with Gasteiger partial charge in [-0.1, -0.05) is 0 Å². The molecule has 0 saturated carbocycles. The number of H-pyrrole nitrogens is 1. The van der Waals surface area contributed by atoms with Crippen molar-refractivity contribution in [2.24, 2.45) is 0 Å². The number of nitrogens with one attached hydrogen (secondary N) is 2. The highest BCUT2D eigenvalue weighted by Crippen LogP contribution is 2.16. The van der Waals surface area contributed by atoms with Gasteiger partial charge in [0.15, 0.2) is 0 Å². The van der Waals surface area contributed by atoms with E-state index in [0.717, 1.165) is 22.5 Å². The van der Waals surface area contributed by atoms with E-state index in [4.69, 9.17) is 0 Å². The van der Waals surface area contributed by atoms with Crippen molar-refractivity contribution in [1.82, 2.24) is 14.9 Å². The van der Waals surface area contributed by atoms with Crippen molar-refractivity contribution < 1.29 is 4.79 Å². The van der Waals surface area contributed by atoms with Gasteiger partial charge in [-0.2, -0.15) is 0 Å². The van der Waals surface area contributed by atoms with Crippen LogP contribution in [0.15, 0.2) is 18.2 Å². The van der Waals surface area contributed by atoms with E-state index >= 15 is 0 Å². The lowest BCUT2D eigenvalue weighted by atomic mass is 10.3. The summed E-state index contributed by atoms with van der Waals surface area (Å²) in [7, 11) is 3.48. The first-order valence-corrected chi connectivity index (χ1v) is 5.46. The Bertz CT molecular complexity index is 544. The molecule has 0 atom stereocenters. The summed E-state index contributed by atoms with van der Waals surface area (Å²) < 4.78 is 0. The van der Waals surface area contributed by atoms with E-state index in [1.165, 1.54) is 0 Å². The lowest BCUT2D eigenvalue weighted by Gasteiger charge is -2.11. The Kier molecular flexibility index (Phi) is 2.99. The maximum Gasteiger partial charge on any atom is 0.241 e. The molecule has 5 heteroatoms. The number of amides is 1. The average Bonchev–Trinajstić information content (AvgIpc) is 2.64. The van der Waals surface area contributed by atoms with Gasteiger partial charge in [-0.25, -0.2) is 4.98 Å². The smallest absolute Gasteiger partial charge is 0.241 e. The van der Waals surface area contributed by atoms with Crippen molar-refractivity contribution >= 4 is 22.6 Å². The molecular weight excluding hydrogens is 216 g/mol. The van der Waals surface area contributed by atoms with Crippen LogP contribution in [0.2, 0.25) is 0 Å². The number of likely N-dealkylation sites (N-methyl/N-ethyl adjacent to an activating group) is 1. The van der Waals surface area contributed by atoms with Gasteiger partial charge in [-0.3, -0.25) is 4.79 Å². The van der Waals surface area contributed by atoms with Gasteiger partial charge < -0.3 is 15.2 Å². The fourth-order valence-corrected chi connectivity index (χ4v) is 1.58. The second kappa shape index (κ2) is 4.45. The normalized spacial score (nSPS) is 10.5. The molecule has 0 saturated heterocycles. The van der Waals surface area contributed by atoms with Crippen LogP contribution in [0.5, 0.6) is 0 Å². The monoisotopic (exact) mass is 232 g/mol. The number of aryl methyl sites for hydroxylation is 1.